The third-order valence-corrected chi connectivity index (χ3v) is 5.19. The summed E-state index contributed by atoms with van der Waals surface area (Å²) >= 11 is 0. The number of halogens is 3. The van der Waals surface area contributed by atoms with Crippen molar-refractivity contribution < 1.29 is 9.53 Å². The molecule has 0 saturated carbocycles. The van der Waals surface area contributed by atoms with Gasteiger partial charge in [0.2, 0.25) is 5.91 Å². The van der Waals surface area contributed by atoms with Crippen molar-refractivity contribution >= 4 is 43.1 Å². The zero-order chi connectivity index (χ0) is 17.1. The molecule has 1 atom stereocenters. The largest absolute Gasteiger partial charge is 0.378 e. The number of piperazine rings is 1. The van der Waals surface area contributed by atoms with Crippen LogP contribution in [0.1, 0.15) is 23.4 Å². The van der Waals surface area contributed by atoms with E-state index in [4.69, 9.17) is 4.74 Å². The first-order chi connectivity index (χ1) is 11.5. The average Bonchev–Trinajstić information content (AvgIpc) is 2.83. The Morgan fingerprint density at radius 2 is 1.85 bits per heavy atom. The van der Waals surface area contributed by atoms with Crippen molar-refractivity contribution in [3.63, 3.8) is 0 Å². The number of carbonyl (C=O) groups excluding carboxylic acids is 1. The molecule has 0 bridgehead atoms. The van der Waals surface area contributed by atoms with Gasteiger partial charge in [-0.25, -0.2) is 0 Å². The number of rotatable bonds is 4. The first kappa shape index (κ1) is 26.4. The number of nitrogens with zero attached hydrogens (tertiary/aromatic N) is 4. The molecular weight excluding hydrogens is 413 g/mol. The first-order valence-corrected chi connectivity index (χ1v) is 8.85. The Labute approximate surface area is 180 Å². The topological polar surface area (TPSA) is 62.6 Å². The van der Waals surface area contributed by atoms with Crippen molar-refractivity contribution in [3.8, 4) is 0 Å². The van der Waals surface area contributed by atoms with Crippen LogP contribution >= 0.6 is 37.2 Å². The second-order valence-electron chi connectivity index (χ2n) is 6.86. The van der Waals surface area contributed by atoms with Crippen LogP contribution in [0.15, 0.2) is 0 Å². The van der Waals surface area contributed by atoms with Gasteiger partial charge in [-0.3, -0.25) is 14.4 Å². The molecule has 158 valence electrons. The number of morpholine rings is 1. The molecule has 1 unspecified atom stereocenters. The Kier molecular flexibility index (Phi) is 11.8. The third-order valence-electron chi connectivity index (χ3n) is 5.19. The van der Waals surface area contributed by atoms with Crippen LogP contribution in [-0.2, 0) is 23.1 Å². The van der Waals surface area contributed by atoms with Gasteiger partial charge in [0.1, 0.15) is 0 Å². The van der Waals surface area contributed by atoms with Crippen molar-refractivity contribution in [3.05, 3.63) is 17.0 Å². The molecule has 27 heavy (non-hydrogen) atoms. The van der Waals surface area contributed by atoms with E-state index in [1.165, 1.54) is 11.3 Å². The van der Waals surface area contributed by atoms with Gasteiger partial charge in [0, 0.05) is 70.0 Å². The van der Waals surface area contributed by atoms with E-state index in [2.05, 4.69) is 29.2 Å². The molecule has 2 aliphatic heterocycles. The summed E-state index contributed by atoms with van der Waals surface area (Å²) in [6.07, 6.45) is 0.542. The maximum Gasteiger partial charge on any atom is 0.224 e. The summed E-state index contributed by atoms with van der Waals surface area (Å²) in [6, 6.07) is 0.171. The van der Waals surface area contributed by atoms with Crippen LogP contribution in [0.4, 0.5) is 0 Å². The predicted molar refractivity (Wildman–Crippen MR) is 114 cm³/mol. The minimum Gasteiger partial charge on any atom is -0.378 e. The molecule has 2 aliphatic rings. The Morgan fingerprint density at radius 3 is 2.37 bits per heavy atom. The molecule has 3 rings (SSSR count). The summed E-state index contributed by atoms with van der Waals surface area (Å²) in [5.41, 5.74) is 3.66. The maximum absolute atomic E-state index is 12.4. The summed E-state index contributed by atoms with van der Waals surface area (Å²) in [7, 11) is 1.99. The smallest absolute Gasteiger partial charge is 0.224 e. The van der Waals surface area contributed by atoms with E-state index >= 15 is 0 Å². The van der Waals surface area contributed by atoms with Crippen LogP contribution < -0.4 is 5.32 Å². The van der Waals surface area contributed by atoms with Crippen LogP contribution in [0.3, 0.4) is 0 Å². The predicted octanol–water partition coefficient (Wildman–Crippen LogP) is 1.33. The van der Waals surface area contributed by atoms with E-state index in [-0.39, 0.29) is 49.2 Å². The third kappa shape index (κ3) is 6.76. The molecule has 1 aromatic rings. The number of hydrogen-bond donors (Lipinski definition) is 1. The fourth-order valence-electron chi connectivity index (χ4n) is 3.52. The molecule has 2 saturated heterocycles. The van der Waals surface area contributed by atoms with E-state index < -0.39 is 0 Å². The van der Waals surface area contributed by atoms with Crippen LogP contribution in [-0.4, -0.2) is 77.5 Å². The van der Waals surface area contributed by atoms with Gasteiger partial charge >= 0.3 is 0 Å². The summed E-state index contributed by atoms with van der Waals surface area (Å²) in [5.74, 6) is 0.242. The van der Waals surface area contributed by atoms with E-state index in [1.54, 1.807) is 0 Å². The quantitative estimate of drug-likeness (QED) is 0.759. The molecule has 0 aromatic carbocycles. The molecule has 1 aromatic heterocycles. The minimum atomic E-state index is 0. The van der Waals surface area contributed by atoms with Gasteiger partial charge in [-0.15, -0.1) is 37.2 Å². The van der Waals surface area contributed by atoms with Gasteiger partial charge in [0.05, 0.1) is 18.9 Å². The number of aryl methyl sites for hydroxylation is 2. The lowest BCUT2D eigenvalue weighted by Gasteiger charge is -2.36. The normalized spacial score (nSPS) is 20.3. The number of hydrogen-bond acceptors (Lipinski definition) is 5. The average molecular weight is 445 g/mol. The second kappa shape index (κ2) is 12.1. The Balaban J connectivity index is 0.00000225. The standard InChI is InChI=1S/C17H29N5O2.3ClH/c1-13-16(14(2)20(3)19-13)11-21-5-7-22(8-6-21)17(23)10-15-12-24-9-4-18-15;;;/h15,18H,4-12H2,1-3H3;3*1H. The molecule has 7 nitrogen and oxygen atoms in total. The van der Waals surface area contributed by atoms with Crippen LogP contribution in [0.5, 0.6) is 0 Å². The molecule has 10 heteroatoms. The van der Waals surface area contributed by atoms with Gasteiger partial charge in [-0.05, 0) is 13.8 Å². The molecular formula is C17H32Cl3N5O2. The lowest BCUT2D eigenvalue weighted by molar-refractivity contribution is -0.134. The summed E-state index contributed by atoms with van der Waals surface area (Å²) in [6.45, 7) is 10.8. The zero-order valence-electron chi connectivity index (χ0n) is 16.3. The lowest BCUT2D eigenvalue weighted by Crippen LogP contribution is -2.51. The Hall–Kier alpha value is -0.570. The molecule has 0 spiro atoms. The maximum atomic E-state index is 12.4. The van der Waals surface area contributed by atoms with Gasteiger partial charge in [0.15, 0.2) is 0 Å². The molecule has 3 heterocycles. The number of amides is 1. The first-order valence-electron chi connectivity index (χ1n) is 8.85. The number of ether oxygens (including phenoxy) is 1. The van der Waals surface area contributed by atoms with E-state index in [9.17, 15) is 4.79 Å². The Morgan fingerprint density at radius 1 is 1.19 bits per heavy atom. The highest BCUT2D eigenvalue weighted by Crippen LogP contribution is 2.16. The highest BCUT2D eigenvalue weighted by molar-refractivity contribution is 5.86. The highest BCUT2D eigenvalue weighted by Gasteiger charge is 2.25. The van der Waals surface area contributed by atoms with E-state index in [0.717, 1.165) is 51.6 Å². The number of carbonyl (C=O) groups is 1. The number of nitrogens with one attached hydrogen (secondary N) is 1. The SMILES string of the molecule is Cc1nn(C)c(C)c1CN1CCN(C(=O)CC2COCCN2)CC1.Cl.Cl.Cl. The van der Waals surface area contributed by atoms with Crippen molar-refractivity contribution in [1.82, 2.24) is 24.9 Å². The van der Waals surface area contributed by atoms with Gasteiger partial charge in [-0.1, -0.05) is 0 Å². The van der Waals surface area contributed by atoms with E-state index in [1.807, 2.05) is 16.6 Å². The van der Waals surface area contributed by atoms with Gasteiger partial charge < -0.3 is 15.0 Å². The molecule has 2 fully saturated rings. The van der Waals surface area contributed by atoms with Crippen molar-refractivity contribution in [2.24, 2.45) is 7.05 Å². The summed E-state index contributed by atoms with van der Waals surface area (Å²) < 4.78 is 7.38. The van der Waals surface area contributed by atoms with Crippen LogP contribution in [0, 0.1) is 13.8 Å². The fraction of sp³-hybridized carbons (Fsp3) is 0.765. The zero-order valence-corrected chi connectivity index (χ0v) is 18.7. The van der Waals surface area contributed by atoms with Crippen molar-refractivity contribution in [2.75, 3.05) is 45.9 Å². The van der Waals surface area contributed by atoms with Crippen molar-refractivity contribution in [2.45, 2.75) is 32.9 Å². The summed E-state index contributed by atoms with van der Waals surface area (Å²) in [5, 5.41) is 7.84. The van der Waals surface area contributed by atoms with Gasteiger partial charge in [-0.2, -0.15) is 5.10 Å². The monoisotopic (exact) mass is 443 g/mol. The van der Waals surface area contributed by atoms with Crippen LogP contribution in [0.2, 0.25) is 0 Å². The van der Waals surface area contributed by atoms with Gasteiger partial charge in [0.25, 0.3) is 0 Å². The molecule has 0 radical (unpaired) electrons. The Bertz CT molecular complexity index is 585. The molecule has 0 aliphatic carbocycles. The minimum absolute atomic E-state index is 0. The second-order valence-corrected chi connectivity index (χ2v) is 6.86. The highest BCUT2D eigenvalue weighted by atomic mass is 35.5. The summed E-state index contributed by atoms with van der Waals surface area (Å²) in [4.78, 5) is 16.9. The molecule has 1 amide bonds. The number of aromatic nitrogens is 2. The van der Waals surface area contributed by atoms with Crippen LogP contribution in [0.25, 0.3) is 0 Å². The lowest BCUT2D eigenvalue weighted by atomic mass is 10.1. The van der Waals surface area contributed by atoms with Crippen molar-refractivity contribution in [1.29, 1.82) is 0 Å². The fourth-order valence-corrected chi connectivity index (χ4v) is 3.52. The molecule has 1 N–H and O–H groups in total. The van der Waals surface area contributed by atoms with E-state index in [0.29, 0.717) is 13.0 Å².